The maximum atomic E-state index is 13.5. The highest BCUT2D eigenvalue weighted by atomic mass is 16.7. The molecule has 43 heteroatoms. The summed E-state index contributed by atoms with van der Waals surface area (Å²) in [5.41, 5.74) is 0. The Kier molecular flexibility index (Phi) is 54.5. The lowest BCUT2D eigenvalue weighted by Crippen LogP contribution is -2.62. The van der Waals surface area contributed by atoms with Gasteiger partial charge in [0.05, 0.1) is 117 Å². The fraction of sp³-hybridized carbons (Fsp3) is 0.808. The molecular weight excluding hydrogens is 1600 g/mol. The third-order valence-corrected chi connectivity index (χ3v) is 18.8. The molecule has 0 radical (unpaired) electrons. The number of esters is 6. The van der Waals surface area contributed by atoms with Crippen LogP contribution in [0.1, 0.15) is 141 Å². The summed E-state index contributed by atoms with van der Waals surface area (Å²) in [4.78, 5) is 189. The van der Waals surface area contributed by atoms with E-state index in [1.807, 2.05) is 0 Å². The molecule has 0 aromatic heterocycles. The third kappa shape index (κ3) is 47.7. The number of carbonyl (C=O) groups is 15. The topological polar surface area (TPSA) is 539 Å². The number of ether oxygens (including phenoxy) is 16. The Hall–Kier alpha value is -8.47. The number of nitrogens with one attached hydrogen (secondary N) is 9. The van der Waals surface area contributed by atoms with Gasteiger partial charge in [-0.25, -0.2) is 0 Å². The van der Waals surface area contributed by atoms with Crippen molar-refractivity contribution in [2.75, 3.05) is 178 Å². The first-order valence-electron chi connectivity index (χ1n) is 41.2. The van der Waals surface area contributed by atoms with Crippen LogP contribution in [-0.2, 0) is 148 Å². The summed E-state index contributed by atoms with van der Waals surface area (Å²) in [6.07, 6.45) is -5.23. The van der Waals surface area contributed by atoms with Crippen molar-refractivity contribution in [3.8, 4) is 0 Å². The van der Waals surface area contributed by atoms with Gasteiger partial charge in [-0.3, -0.25) is 81.7 Å². The molecule has 3 aliphatic heterocycles. The van der Waals surface area contributed by atoms with Crippen molar-refractivity contribution in [1.82, 2.24) is 57.7 Å². The largest absolute Gasteiger partial charge is 0.463 e. The number of unbranched alkanes of at least 4 members (excludes halogenated alkanes) is 3. The zero-order chi connectivity index (χ0) is 89.6. The molecule has 121 heavy (non-hydrogen) atoms. The first-order chi connectivity index (χ1) is 57.7. The molecule has 9 amide bonds. The Morgan fingerprint density at radius 1 is 0.314 bits per heavy atom. The van der Waals surface area contributed by atoms with Gasteiger partial charge in [-0.1, -0.05) is 20.8 Å². The molecule has 0 spiro atoms. The summed E-state index contributed by atoms with van der Waals surface area (Å²) < 4.78 is 90.2. The number of nitrogens with zero attached hydrogens (tertiary/aromatic N) is 2. The number of aliphatic hydroxyl groups excluding tert-OH is 1. The molecule has 0 bridgehead atoms. The van der Waals surface area contributed by atoms with Gasteiger partial charge in [0.15, 0.2) is 18.9 Å². The zero-order valence-corrected chi connectivity index (χ0v) is 72.1. The molecule has 0 aromatic rings. The quantitative estimate of drug-likeness (QED) is 0.0165. The molecule has 3 fully saturated rings. The van der Waals surface area contributed by atoms with Crippen molar-refractivity contribution in [3.05, 3.63) is 0 Å². The van der Waals surface area contributed by atoms with Gasteiger partial charge >= 0.3 is 35.8 Å². The van der Waals surface area contributed by atoms with Crippen molar-refractivity contribution in [2.24, 2.45) is 17.8 Å². The first kappa shape index (κ1) is 107. The van der Waals surface area contributed by atoms with Gasteiger partial charge in [-0.2, -0.15) is 0 Å². The van der Waals surface area contributed by atoms with E-state index in [2.05, 4.69) is 47.9 Å². The third-order valence-electron chi connectivity index (χ3n) is 18.8. The summed E-state index contributed by atoms with van der Waals surface area (Å²) in [5, 5.41) is 34.8. The van der Waals surface area contributed by atoms with E-state index in [9.17, 15) is 77.0 Å². The van der Waals surface area contributed by atoms with Crippen LogP contribution in [-0.4, -0.2) is 355 Å². The summed E-state index contributed by atoms with van der Waals surface area (Å²) in [5.74, 6) is -8.08. The SMILES string of the molecule is CC(=O)NC1C(OCCOCCC(=O)NCCCCNC(=O)CN(CCOCCO)CCN(CC(=O)NCCCCNC(=O)CCOCCOC2OC(COC(C)=O)C(OC(C)=O)C(C)C2NC(C)=O)CC(=O)NCCCCNC(=O)CCOCCOC2OC(COC(C)=O)C(OC(C)=O)C(C)C2NC(C)=O)OC(COC(C)=O)C(OC(C)=O)C1C. The Morgan fingerprint density at radius 2 is 0.579 bits per heavy atom. The van der Waals surface area contributed by atoms with E-state index in [0.717, 1.165) is 0 Å². The minimum atomic E-state index is -1.02. The average Bonchev–Trinajstić information content (AvgIpc) is 0.807. The molecule has 0 saturated carbocycles. The molecule has 0 aliphatic carbocycles. The molecular formula is C78H133N11O32. The number of amides is 9. The number of hydrogen-bond acceptors (Lipinski definition) is 34. The van der Waals surface area contributed by atoms with Gasteiger partial charge in [-0.05, 0) is 38.5 Å². The van der Waals surface area contributed by atoms with E-state index >= 15 is 0 Å². The van der Waals surface area contributed by atoms with Crippen LogP contribution < -0.4 is 47.9 Å². The van der Waals surface area contributed by atoms with Crippen molar-refractivity contribution >= 4 is 89.0 Å². The molecule has 3 rings (SSSR count). The zero-order valence-electron chi connectivity index (χ0n) is 72.1. The maximum absolute atomic E-state index is 13.5. The van der Waals surface area contributed by atoms with Crippen LogP contribution in [0.5, 0.6) is 0 Å². The fourth-order valence-corrected chi connectivity index (χ4v) is 13.0. The van der Waals surface area contributed by atoms with E-state index in [0.29, 0.717) is 58.2 Å². The van der Waals surface area contributed by atoms with E-state index in [1.165, 1.54) is 62.3 Å². The van der Waals surface area contributed by atoms with E-state index in [-0.39, 0.29) is 219 Å². The van der Waals surface area contributed by atoms with Crippen LogP contribution in [0.3, 0.4) is 0 Å². The second kappa shape index (κ2) is 61.8. The van der Waals surface area contributed by atoms with Crippen LogP contribution in [0.4, 0.5) is 0 Å². The summed E-state index contributed by atoms with van der Waals surface area (Å²) in [7, 11) is 0. The second-order valence-corrected chi connectivity index (χ2v) is 29.3. The Balaban J connectivity index is 1.50. The molecule has 15 unspecified atom stereocenters. The van der Waals surface area contributed by atoms with Gasteiger partial charge in [0.2, 0.25) is 53.2 Å². The van der Waals surface area contributed by atoms with Gasteiger partial charge < -0.3 is 129 Å². The number of carbonyl (C=O) groups excluding carboxylic acids is 15. The van der Waals surface area contributed by atoms with Crippen LogP contribution in [0, 0.1) is 17.8 Å². The molecule has 3 heterocycles. The smallest absolute Gasteiger partial charge is 0.303 e. The van der Waals surface area contributed by atoms with Crippen molar-refractivity contribution in [1.29, 1.82) is 0 Å². The molecule has 3 saturated heterocycles. The standard InChI is InChI=1S/C78H133N11O32/c1-49-70(85-52(4)91)76(119-61(46-113-55(7)94)73(49)116-58(10)97)110-40-37-106-32-19-64(100)79-22-13-16-25-82-67(103)43-88(30-35-109-36-31-90)28-29-89(44-68(104)83-26-17-14-23-80-65(101)20-33-107-38-41-111-77-71(86-53(5)92)50(2)74(117-59(11)98)62(120-77)47-114-56(8)95)45-69(105)84-27-18-15-24-81-66(102)21-34-108-39-42-112-78-72(87-54(6)93)51(3)75(118-60(12)99)63(121-78)48-115-57(9)96/h49-51,61-63,70-78,90H,13-48H2,1-12H3,(H,79,100)(H,80,101)(H,81,102)(H,82,103)(H,83,104)(H,84,105)(H,85,91)(H,86,92)(H,87,93). The van der Waals surface area contributed by atoms with Crippen LogP contribution in [0.2, 0.25) is 0 Å². The Labute approximate surface area is 706 Å². The summed E-state index contributed by atoms with van der Waals surface area (Å²) in [6.45, 7) is 17.9. The minimum Gasteiger partial charge on any atom is -0.463 e. The maximum Gasteiger partial charge on any atom is 0.303 e. The summed E-state index contributed by atoms with van der Waals surface area (Å²) in [6, 6.07) is -2.22. The van der Waals surface area contributed by atoms with E-state index in [1.54, 1.807) is 30.6 Å². The first-order valence-corrected chi connectivity index (χ1v) is 41.2. The van der Waals surface area contributed by atoms with Crippen molar-refractivity contribution in [3.63, 3.8) is 0 Å². The van der Waals surface area contributed by atoms with Crippen molar-refractivity contribution in [2.45, 2.75) is 214 Å². The predicted octanol–water partition coefficient (Wildman–Crippen LogP) is -3.01. The summed E-state index contributed by atoms with van der Waals surface area (Å²) >= 11 is 0. The minimum absolute atomic E-state index is 0.000674. The number of aliphatic hydroxyl groups is 1. The highest BCUT2D eigenvalue weighted by molar-refractivity contribution is 5.82. The van der Waals surface area contributed by atoms with Crippen LogP contribution in [0.25, 0.3) is 0 Å². The van der Waals surface area contributed by atoms with Gasteiger partial charge in [0.25, 0.3) is 0 Å². The lowest BCUT2D eigenvalue weighted by molar-refractivity contribution is -0.264. The monoisotopic (exact) mass is 1740 g/mol. The molecule has 43 nitrogen and oxygen atoms in total. The number of hydrogen-bond donors (Lipinski definition) is 10. The van der Waals surface area contributed by atoms with E-state index in [4.69, 9.17) is 75.8 Å². The molecule has 15 atom stereocenters. The second-order valence-electron chi connectivity index (χ2n) is 29.3. The lowest BCUT2D eigenvalue weighted by atomic mass is 9.88. The predicted molar refractivity (Wildman–Crippen MR) is 424 cm³/mol. The van der Waals surface area contributed by atoms with Crippen LogP contribution >= 0.6 is 0 Å². The van der Waals surface area contributed by atoms with Gasteiger partial charge in [0.1, 0.15) is 56.4 Å². The van der Waals surface area contributed by atoms with Crippen LogP contribution in [0.15, 0.2) is 0 Å². The Morgan fingerprint density at radius 3 is 0.843 bits per heavy atom. The molecule has 3 aliphatic rings. The molecule has 10 N–H and O–H groups in total. The van der Waals surface area contributed by atoms with Gasteiger partial charge in [-0.15, -0.1) is 0 Å². The molecule has 692 valence electrons. The van der Waals surface area contributed by atoms with E-state index < -0.39 is 139 Å². The highest BCUT2D eigenvalue weighted by Crippen LogP contribution is 2.33. The average molecular weight is 1740 g/mol. The van der Waals surface area contributed by atoms with Crippen molar-refractivity contribution < 1.29 is 153 Å². The molecule has 0 aromatic carbocycles. The highest BCUT2D eigenvalue weighted by Gasteiger charge is 2.50. The normalized spacial score (nSPS) is 22.5. The Bertz CT molecular complexity index is 3050. The number of rotatable bonds is 62. The fourth-order valence-electron chi connectivity index (χ4n) is 13.0. The lowest BCUT2D eigenvalue weighted by Gasteiger charge is -2.44. The van der Waals surface area contributed by atoms with Gasteiger partial charge in [0, 0.05) is 158 Å².